The molecule has 1 amide bonds. The Morgan fingerprint density at radius 2 is 2.05 bits per heavy atom. The van der Waals surface area contributed by atoms with E-state index in [-0.39, 0.29) is 0 Å². The van der Waals surface area contributed by atoms with Gasteiger partial charge in [-0.3, -0.25) is 9.59 Å². The molecule has 0 saturated carbocycles. The highest BCUT2D eigenvalue weighted by atomic mass is 79.9. The van der Waals surface area contributed by atoms with Crippen molar-refractivity contribution in [3.05, 3.63) is 28.5 Å². The zero-order valence-corrected chi connectivity index (χ0v) is 11.9. The smallest absolute Gasteiger partial charge is 0.325 e. The fourth-order valence-corrected chi connectivity index (χ4v) is 1.65. The number of ether oxygens (including phenoxy) is 1. The summed E-state index contributed by atoms with van der Waals surface area (Å²) in [5.41, 5.74) is 0. The van der Waals surface area contributed by atoms with Crippen molar-refractivity contribution in [2.45, 2.75) is 26.0 Å². The fourth-order valence-electron chi connectivity index (χ4n) is 1.21. The van der Waals surface area contributed by atoms with Crippen LogP contribution in [0.2, 0.25) is 0 Å². The molecule has 1 aromatic carbocycles. The van der Waals surface area contributed by atoms with E-state index in [1.807, 2.05) is 0 Å². The first-order chi connectivity index (χ1) is 8.81. The number of carbonyl (C=O) groups excluding carboxylic acids is 1. The normalized spacial score (nSPS) is 13.5. The predicted molar refractivity (Wildman–Crippen MR) is 69.4 cm³/mol. The molecule has 2 N–H and O–H groups in total. The van der Waals surface area contributed by atoms with Crippen molar-refractivity contribution in [2.75, 3.05) is 0 Å². The first kappa shape index (κ1) is 15.4. The molecule has 0 aliphatic rings. The minimum absolute atomic E-state index is 0.298. The lowest BCUT2D eigenvalue weighted by atomic mass is 10.3. The highest BCUT2D eigenvalue weighted by Crippen LogP contribution is 2.26. The summed E-state index contributed by atoms with van der Waals surface area (Å²) in [6.07, 6.45) is -0.899. The third-order valence-corrected chi connectivity index (χ3v) is 2.92. The number of benzene rings is 1. The van der Waals surface area contributed by atoms with Gasteiger partial charge in [-0.25, -0.2) is 4.39 Å². The van der Waals surface area contributed by atoms with Gasteiger partial charge in [-0.15, -0.1) is 0 Å². The third-order valence-electron chi connectivity index (χ3n) is 2.30. The number of carboxylic acid groups (broad SMARTS) is 1. The van der Waals surface area contributed by atoms with E-state index in [1.54, 1.807) is 0 Å². The maximum absolute atomic E-state index is 12.9. The molecule has 0 spiro atoms. The molecular formula is C12H13BrFNO4. The van der Waals surface area contributed by atoms with E-state index in [2.05, 4.69) is 21.2 Å². The van der Waals surface area contributed by atoms with Crippen LogP contribution in [0, 0.1) is 5.82 Å². The van der Waals surface area contributed by atoms with Crippen LogP contribution in [0.15, 0.2) is 22.7 Å². The van der Waals surface area contributed by atoms with E-state index in [4.69, 9.17) is 9.84 Å². The first-order valence-corrected chi connectivity index (χ1v) is 6.25. The molecule has 0 aliphatic carbocycles. The number of carboxylic acids is 1. The molecule has 0 saturated heterocycles. The van der Waals surface area contributed by atoms with Crippen LogP contribution in [0.25, 0.3) is 0 Å². The van der Waals surface area contributed by atoms with E-state index in [0.717, 1.165) is 0 Å². The van der Waals surface area contributed by atoms with Gasteiger partial charge in [0.1, 0.15) is 17.6 Å². The molecule has 0 heterocycles. The van der Waals surface area contributed by atoms with Crippen LogP contribution < -0.4 is 10.1 Å². The Bertz CT molecular complexity index is 495. The molecule has 104 valence electrons. The van der Waals surface area contributed by atoms with E-state index in [9.17, 15) is 14.0 Å². The summed E-state index contributed by atoms with van der Waals surface area (Å²) < 4.78 is 18.6. The van der Waals surface area contributed by atoms with Crippen LogP contribution in [0.5, 0.6) is 5.75 Å². The summed E-state index contributed by atoms with van der Waals surface area (Å²) in [6.45, 7) is 2.82. The molecule has 0 radical (unpaired) electrons. The second kappa shape index (κ2) is 6.51. The lowest BCUT2D eigenvalue weighted by Gasteiger charge is -2.17. The minimum Gasteiger partial charge on any atom is -0.480 e. The lowest BCUT2D eigenvalue weighted by Crippen LogP contribution is -2.44. The van der Waals surface area contributed by atoms with Gasteiger partial charge in [0, 0.05) is 0 Å². The highest BCUT2D eigenvalue weighted by molar-refractivity contribution is 9.10. The van der Waals surface area contributed by atoms with Crippen LogP contribution >= 0.6 is 15.9 Å². The van der Waals surface area contributed by atoms with E-state index >= 15 is 0 Å². The Morgan fingerprint density at radius 1 is 1.42 bits per heavy atom. The molecule has 2 atom stereocenters. The Balaban J connectivity index is 2.66. The van der Waals surface area contributed by atoms with Crippen LogP contribution in [0.3, 0.4) is 0 Å². The molecule has 19 heavy (non-hydrogen) atoms. The van der Waals surface area contributed by atoms with Gasteiger partial charge in [0.2, 0.25) is 0 Å². The summed E-state index contributed by atoms with van der Waals surface area (Å²) >= 11 is 3.11. The average molecular weight is 334 g/mol. The van der Waals surface area contributed by atoms with Gasteiger partial charge in [-0.05, 0) is 48.0 Å². The molecular weight excluding hydrogens is 321 g/mol. The van der Waals surface area contributed by atoms with E-state index in [0.29, 0.717) is 10.2 Å². The van der Waals surface area contributed by atoms with Gasteiger partial charge in [0.15, 0.2) is 6.10 Å². The van der Waals surface area contributed by atoms with Crippen molar-refractivity contribution >= 4 is 27.8 Å². The van der Waals surface area contributed by atoms with Crippen LogP contribution in [0.4, 0.5) is 4.39 Å². The monoisotopic (exact) mass is 333 g/mol. The summed E-state index contributed by atoms with van der Waals surface area (Å²) in [4.78, 5) is 22.3. The lowest BCUT2D eigenvalue weighted by molar-refractivity contribution is -0.142. The second-order valence-electron chi connectivity index (χ2n) is 3.90. The molecule has 0 aromatic heterocycles. The SMILES string of the molecule is CC(Oc1ccc(F)cc1Br)C(=O)N[C@@H](C)C(=O)O. The van der Waals surface area contributed by atoms with Crippen LogP contribution in [-0.4, -0.2) is 29.1 Å². The maximum Gasteiger partial charge on any atom is 0.325 e. The fraction of sp³-hybridized carbons (Fsp3) is 0.333. The predicted octanol–water partition coefficient (Wildman–Crippen LogP) is 1.94. The number of hydrogen-bond acceptors (Lipinski definition) is 3. The zero-order chi connectivity index (χ0) is 14.6. The average Bonchev–Trinajstić information content (AvgIpc) is 2.32. The first-order valence-electron chi connectivity index (χ1n) is 5.46. The number of halogens is 2. The van der Waals surface area contributed by atoms with Crippen LogP contribution in [0.1, 0.15) is 13.8 Å². The Hall–Kier alpha value is -1.63. The van der Waals surface area contributed by atoms with Gasteiger partial charge in [0.25, 0.3) is 5.91 Å². The molecule has 1 rings (SSSR count). The largest absolute Gasteiger partial charge is 0.480 e. The van der Waals surface area contributed by atoms with Gasteiger partial charge < -0.3 is 15.2 Å². The topological polar surface area (TPSA) is 75.6 Å². The Labute approximate surface area is 117 Å². The van der Waals surface area contributed by atoms with Crippen molar-refractivity contribution < 1.29 is 23.8 Å². The minimum atomic E-state index is -1.14. The Kier molecular flexibility index (Phi) is 5.29. The van der Waals surface area contributed by atoms with E-state index < -0.39 is 29.8 Å². The quantitative estimate of drug-likeness (QED) is 0.863. The third kappa shape index (κ3) is 4.51. The molecule has 0 bridgehead atoms. The summed E-state index contributed by atoms with van der Waals surface area (Å²) in [5.74, 6) is -1.84. The molecule has 1 aromatic rings. The van der Waals surface area contributed by atoms with Crippen LogP contribution in [-0.2, 0) is 9.59 Å². The van der Waals surface area contributed by atoms with E-state index in [1.165, 1.54) is 32.0 Å². The zero-order valence-electron chi connectivity index (χ0n) is 10.3. The number of nitrogens with one attached hydrogen (secondary N) is 1. The van der Waals surface area contributed by atoms with Gasteiger partial charge in [-0.2, -0.15) is 0 Å². The van der Waals surface area contributed by atoms with Crippen molar-refractivity contribution in [3.8, 4) is 5.75 Å². The molecule has 1 unspecified atom stereocenters. The number of aliphatic carboxylic acids is 1. The van der Waals surface area contributed by atoms with Gasteiger partial charge in [0.05, 0.1) is 4.47 Å². The molecule has 5 nitrogen and oxygen atoms in total. The molecule has 0 aliphatic heterocycles. The standard InChI is InChI=1S/C12H13BrFNO4/c1-6(12(17)18)15-11(16)7(2)19-10-4-3-8(14)5-9(10)13/h3-7H,1-2H3,(H,15,16)(H,17,18)/t6-,7?/m0/s1. The number of carbonyl (C=O) groups is 2. The van der Waals surface area contributed by atoms with Crippen molar-refractivity contribution in [1.82, 2.24) is 5.32 Å². The number of hydrogen-bond donors (Lipinski definition) is 2. The van der Waals surface area contributed by atoms with Gasteiger partial charge in [-0.1, -0.05) is 0 Å². The Morgan fingerprint density at radius 3 is 2.58 bits per heavy atom. The molecule has 0 fully saturated rings. The van der Waals surface area contributed by atoms with Crippen molar-refractivity contribution in [3.63, 3.8) is 0 Å². The highest BCUT2D eigenvalue weighted by Gasteiger charge is 2.20. The maximum atomic E-state index is 12.9. The summed E-state index contributed by atoms with van der Waals surface area (Å²) in [7, 11) is 0. The van der Waals surface area contributed by atoms with Crippen molar-refractivity contribution in [2.24, 2.45) is 0 Å². The number of rotatable bonds is 5. The summed E-state index contributed by atoms with van der Waals surface area (Å²) in [6, 6.07) is 2.78. The van der Waals surface area contributed by atoms with Crippen molar-refractivity contribution in [1.29, 1.82) is 0 Å². The molecule has 7 heteroatoms. The summed E-state index contributed by atoms with van der Waals surface area (Å²) in [5, 5.41) is 10.9. The second-order valence-corrected chi connectivity index (χ2v) is 4.76. The number of amides is 1. The van der Waals surface area contributed by atoms with Gasteiger partial charge >= 0.3 is 5.97 Å².